The molecule has 4 rings (SSSR count). The number of urea groups is 1. The van der Waals surface area contributed by atoms with E-state index in [4.69, 9.17) is 27.9 Å². The number of nitrogens with zero attached hydrogens (tertiary/aromatic N) is 3. The fourth-order valence-electron chi connectivity index (χ4n) is 4.62. The summed E-state index contributed by atoms with van der Waals surface area (Å²) in [6.07, 6.45) is 0.292. The molecule has 2 aromatic rings. The second kappa shape index (κ2) is 9.73. The van der Waals surface area contributed by atoms with Gasteiger partial charge in [0.25, 0.3) is 5.91 Å². The van der Waals surface area contributed by atoms with Crippen molar-refractivity contribution in [1.29, 1.82) is 0 Å². The Labute approximate surface area is 223 Å². The van der Waals surface area contributed by atoms with Crippen LogP contribution in [-0.4, -0.2) is 65.0 Å². The summed E-state index contributed by atoms with van der Waals surface area (Å²) < 4.78 is 6.40. The minimum Gasteiger partial charge on any atom is -0.459 e. The van der Waals surface area contributed by atoms with Gasteiger partial charge in [0.1, 0.15) is 11.1 Å². The minimum absolute atomic E-state index is 0.0255. The number of carbonyl (C=O) groups excluding carboxylic acids is 3. The third-order valence-electron chi connectivity index (χ3n) is 5.95. The molecule has 2 fully saturated rings. The Morgan fingerprint density at radius 1 is 1.06 bits per heavy atom. The van der Waals surface area contributed by atoms with Gasteiger partial charge in [-0.2, -0.15) is 0 Å². The van der Waals surface area contributed by atoms with Crippen molar-refractivity contribution < 1.29 is 19.1 Å². The minimum atomic E-state index is -1.19. The van der Waals surface area contributed by atoms with Gasteiger partial charge in [0.2, 0.25) is 0 Å². The van der Waals surface area contributed by atoms with Crippen LogP contribution in [0.3, 0.4) is 0 Å². The number of ether oxygens (including phenoxy) is 1. The number of fused-ring (bicyclic) bond motifs is 1. The molecule has 3 amide bonds. The monoisotopic (exact) mass is 581 g/mol. The van der Waals surface area contributed by atoms with E-state index < -0.39 is 17.2 Å². The molecule has 10 heteroatoms. The first-order chi connectivity index (χ1) is 16.4. The van der Waals surface area contributed by atoms with E-state index >= 15 is 0 Å². The van der Waals surface area contributed by atoms with Crippen LogP contribution >= 0.6 is 39.1 Å². The average Bonchev–Trinajstić information content (AvgIpc) is 2.94. The summed E-state index contributed by atoms with van der Waals surface area (Å²) >= 11 is 15.8. The van der Waals surface area contributed by atoms with Gasteiger partial charge < -0.3 is 9.64 Å². The zero-order chi connectivity index (χ0) is 25.5. The van der Waals surface area contributed by atoms with Crippen LogP contribution in [0.5, 0.6) is 0 Å². The third-order valence-corrected chi connectivity index (χ3v) is 6.92. The molecule has 0 saturated carbocycles. The van der Waals surface area contributed by atoms with Crippen LogP contribution < -0.4 is 4.90 Å². The number of hydrogen-bond donors (Lipinski definition) is 0. The van der Waals surface area contributed by atoms with E-state index in [1.165, 1.54) is 0 Å². The summed E-state index contributed by atoms with van der Waals surface area (Å²) in [7, 11) is 0. The maximum atomic E-state index is 14.1. The van der Waals surface area contributed by atoms with Gasteiger partial charge >= 0.3 is 12.0 Å². The molecule has 35 heavy (non-hydrogen) atoms. The van der Waals surface area contributed by atoms with Crippen molar-refractivity contribution in [3.8, 4) is 0 Å². The fourth-order valence-corrected chi connectivity index (χ4v) is 5.40. The lowest BCUT2D eigenvalue weighted by atomic mass is 9.86. The molecule has 0 spiro atoms. The van der Waals surface area contributed by atoms with Crippen LogP contribution in [0, 0.1) is 0 Å². The Kier molecular flexibility index (Phi) is 7.21. The summed E-state index contributed by atoms with van der Waals surface area (Å²) in [6, 6.07) is 11.8. The van der Waals surface area contributed by atoms with E-state index in [9.17, 15) is 14.4 Å². The fraction of sp³-hybridized carbons (Fsp3) is 0.400. The lowest BCUT2D eigenvalue weighted by Gasteiger charge is -2.44. The van der Waals surface area contributed by atoms with Crippen LogP contribution in [0.2, 0.25) is 10.0 Å². The van der Waals surface area contributed by atoms with Crippen LogP contribution in [-0.2, 0) is 20.7 Å². The molecule has 2 saturated heterocycles. The SMILES string of the molecule is CC(C)(C)OC(=O)CN1CCN2C(=O)N(c3cc(Cl)cc(Cl)c3)C(=O)C2(Cc2ccc(Br)cc2)C1. The van der Waals surface area contributed by atoms with Crippen molar-refractivity contribution in [1.82, 2.24) is 9.80 Å². The molecule has 2 heterocycles. The Balaban J connectivity index is 1.70. The van der Waals surface area contributed by atoms with Gasteiger partial charge in [-0.25, -0.2) is 9.69 Å². The summed E-state index contributed by atoms with van der Waals surface area (Å²) in [5.74, 6) is -0.752. The number of amides is 3. The number of anilines is 1. The van der Waals surface area contributed by atoms with E-state index in [1.807, 2.05) is 49.9 Å². The van der Waals surface area contributed by atoms with Crippen molar-refractivity contribution in [3.05, 3.63) is 62.5 Å². The summed E-state index contributed by atoms with van der Waals surface area (Å²) in [5, 5.41) is 0.651. The molecule has 2 aliphatic heterocycles. The highest BCUT2D eigenvalue weighted by atomic mass is 79.9. The van der Waals surface area contributed by atoms with Crippen molar-refractivity contribution in [2.24, 2.45) is 0 Å². The predicted molar refractivity (Wildman–Crippen MR) is 139 cm³/mol. The molecule has 0 aromatic heterocycles. The van der Waals surface area contributed by atoms with Gasteiger partial charge in [0.05, 0.1) is 12.2 Å². The van der Waals surface area contributed by atoms with E-state index in [1.54, 1.807) is 23.1 Å². The first kappa shape index (κ1) is 25.9. The highest BCUT2D eigenvalue weighted by Crippen LogP contribution is 2.39. The molecule has 7 nitrogen and oxygen atoms in total. The topological polar surface area (TPSA) is 70.2 Å². The standard InChI is InChI=1S/C25H26BrCl2N3O4/c1-24(2,3)35-21(32)14-29-8-9-30-23(34)31(20-11-18(27)10-19(28)12-20)22(33)25(30,15-29)13-16-4-6-17(26)7-5-16/h4-7,10-12H,8-9,13-15H2,1-3H3. The second-order valence-electron chi connectivity index (χ2n) is 9.83. The molecular weight excluding hydrogens is 557 g/mol. The maximum Gasteiger partial charge on any atom is 0.332 e. The number of halogens is 3. The quantitative estimate of drug-likeness (QED) is 0.360. The molecular formula is C25H26BrCl2N3O4. The van der Waals surface area contributed by atoms with Crippen molar-refractivity contribution in [2.75, 3.05) is 31.1 Å². The Bertz CT molecular complexity index is 1150. The van der Waals surface area contributed by atoms with Crippen molar-refractivity contribution in [2.45, 2.75) is 38.3 Å². The number of benzene rings is 2. The summed E-state index contributed by atoms with van der Waals surface area (Å²) in [4.78, 5) is 44.8. The number of carbonyl (C=O) groups is 3. The average molecular weight is 583 g/mol. The Hall–Kier alpha value is -2.13. The molecule has 2 aromatic carbocycles. The van der Waals surface area contributed by atoms with E-state index in [0.717, 1.165) is 14.9 Å². The van der Waals surface area contributed by atoms with E-state index in [2.05, 4.69) is 15.9 Å². The molecule has 2 aliphatic rings. The molecule has 186 valence electrons. The van der Waals surface area contributed by atoms with Gasteiger partial charge in [-0.05, 0) is 56.7 Å². The molecule has 0 aliphatic carbocycles. The van der Waals surface area contributed by atoms with Gasteiger partial charge in [0, 0.05) is 40.6 Å². The summed E-state index contributed by atoms with van der Waals surface area (Å²) in [5.41, 5.74) is -0.597. The molecule has 1 atom stereocenters. The van der Waals surface area contributed by atoms with Crippen LogP contribution in [0.15, 0.2) is 46.9 Å². The zero-order valence-corrected chi connectivity index (χ0v) is 22.8. The largest absolute Gasteiger partial charge is 0.459 e. The normalized spacial score (nSPS) is 20.9. The second-order valence-corrected chi connectivity index (χ2v) is 11.6. The van der Waals surface area contributed by atoms with Crippen molar-refractivity contribution >= 4 is 62.7 Å². The highest BCUT2D eigenvalue weighted by Gasteiger charge is 2.60. The van der Waals surface area contributed by atoms with Gasteiger partial charge in [-0.15, -0.1) is 0 Å². The highest BCUT2D eigenvalue weighted by molar-refractivity contribution is 9.10. The Morgan fingerprint density at radius 2 is 1.69 bits per heavy atom. The van der Waals surface area contributed by atoms with Gasteiger partial charge in [0.15, 0.2) is 0 Å². The zero-order valence-electron chi connectivity index (χ0n) is 19.7. The molecule has 0 bridgehead atoms. The number of imide groups is 1. The van der Waals surface area contributed by atoms with Crippen LogP contribution in [0.25, 0.3) is 0 Å². The maximum absolute atomic E-state index is 14.1. The number of piperazine rings is 1. The Morgan fingerprint density at radius 3 is 2.29 bits per heavy atom. The van der Waals surface area contributed by atoms with Crippen LogP contribution in [0.1, 0.15) is 26.3 Å². The first-order valence-electron chi connectivity index (χ1n) is 11.2. The predicted octanol–water partition coefficient (Wildman–Crippen LogP) is 5.16. The lowest BCUT2D eigenvalue weighted by Crippen LogP contribution is -2.64. The molecule has 1 unspecified atom stereocenters. The van der Waals surface area contributed by atoms with Crippen molar-refractivity contribution in [3.63, 3.8) is 0 Å². The van der Waals surface area contributed by atoms with Crippen LogP contribution in [0.4, 0.5) is 10.5 Å². The molecule has 0 radical (unpaired) electrons. The van der Waals surface area contributed by atoms with E-state index in [0.29, 0.717) is 28.7 Å². The number of hydrogen-bond acceptors (Lipinski definition) is 5. The number of rotatable bonds is 5. The summed E-state index contributed by atoms with van der Waals surface area (Å²) in [6.45, 7) is 6.37. The number of esters is 1. The third kappa shape index (κ3) is 5.50. The smallest absolute Gasteiger partial charge is 0.332 e. The van der Waals surface area contributed by atoms with E-state index in [-0.39, 0.29) is 31.5 Å². The molecule has 0 N–H and O–H groups in total. The van der Waals surface area contributed by atoms with Gasteiger partial charge in [-0.3, -0.25) is 14.5 Å². The van der Waals surface area contributed by atoms with Gasteiger partial charge in [-0.1, -0.05) is 51.3 Å². The first-order valence-corrected chi connectivity index (χ1v) is 12.7. The lowest BCUT2D eigenvalue weighted by molar-refractivity contribution is -0.157.